The number of hydrogen-bond donors (Lipinski definition) is 1. The Hall–Kier alpha value is -1.99. The number of piperazine rings is 1. The summed E-state index contributed by atoms with van der Waals surface area (Å²) in [5.74, 6) is 0.198. The number of nitrogens with one attached hydrogen (secondary N) is 1. The lowest BCUT2D eigenvalue weighted by atomic mass is 10.1. The maximum Gasteiger partial charge on any atom is 0.264 e. The summed E-state index contributed by atoms with van der Waals surface area (Å²) in [5, 5.41) is 4.14. The molecule has 2 aliphatic rings. The highest BCUT2D eigenvalue weighted by Crippen LogP contribution is 2.33. The van der Waals surface area contributed by atoms with Gasteiger partial charge in [-0.15, -0.1) is 11.3 Å². The fourth-order valence-corrected chi connectivity index (χ4v) is 5.05. The Kier molecular flexibility index (Phi) is 4.90. The molecule has 2 fully saturated rings. The molecule has 1 saturated carbocycles. The highest BCUT2D eigenvalue weighted by Gasteiger charge is 2.28. The van der Waals surface area contributed by atoms with Crippen LogP contribution in [0.5, 0.6) is 0 Å². The second kappa shape index (κ2) is 7.20. The number of pyridine rings is 1. The standard InChI is InChI=1S/C20H26N4O2S/c1-12-10-13(2)21-19-17(12)14(3)18(27-19)20(26)24-8-6-23(7-9-24)11-16(25)22-15-4-5-15/h10,15H,4-9,11H2,1-3H3,(H,22,25). The van der Waals surface area contributed by atoms with Crippen LogP contribution >= 0.6 is 11.3 Å². The van der Waals surface area contributed by atoms with Crippen molar-refractivity contribution in [2.45, 2.75) is 39.7 Å². The number of carbonyl (C=O) groups excluding carboxylic acids is 2. The molecule has 4 rings (SSSR count). The molecule has 6 nitrogen and oxygen atoms in total. The van der Waals surface area contributed by atoms with E-state index in [0.717, 1.165) is 52.3 Å². The highest BCUT2D eigenvalue weighted by atomic mass is 32.1. The number of fused-ring (bicyclic) bond motifs is 1. The van der Waals surface area contributed by atoms with Gasteiger partial charge in [0.1, 0.15) is 4.83 Å². The first-order valence-electron chi connectivity index (χ1n) is 9.60. The van der Waals surface area contributed by atoms with Crippen LogP contribution in [0.4, 0.5) is 0 Å². The van der Waals surface area contributed by atoms with Crippen LogP contribution in [0.25, 0.3) is 10.2 Å². The van der Waals surface area contributed by atoms with Crippen LogP contribution < -0.4 is 5.32 Å². The Morgan fingerprint density at radius 3 is 2.56 bits per heavy atom. The third kappa shape index (κ3) is 3.84. The van der Waals surface area contributed by atoms with Gasteiger partial charge in [0, 0.05) is 43.3 Å². The zero-order valence-corrected chi connectivity index (χ0v) is 17.0. The normalized spacial score (nSPS) is 18.1. The van der Waals surface area contributed by atoms with Gasteiger partial charge in [0.15, 0.2) is 0 Å². The molecule has 1 N–H and O–H groups in total. The maximum atomic E-state index is 13.1. The van der Waals surface area contributed by atoms with Crippen molar-refractivity contribution in [2.75, 3.05) is 32.7 Å². The predicted octanol–water partition coefficient (Wildman–Crippen LogP) is 2.26. The Morgan fingerprint density at radius 1 is 1.19 bits per heavy atom. The molecular formula is C20H26N4O2S. The predicted molar refractivity (Wildman–Crippen MR) is 107 cm³/mol. The van der Waals surface area contributed by atoms with E-state index < -0.39 is 0 Å². The summed E-state index contributed by atoms with van der Waals surface area (Å²) < 4.78 is 0. The van der Waals surface area contributed by atoms with Gasteiger partial charge in [-0.2, -0.15) is 0 Å². The topological polar surface area (TPSA) is 65.5 Å². The van der Waals surface area contributed by atoms with Gasteiger partial charge < -0.3 is 10.2 Å². The average Bonchev–Trinajstić information content (AvgIpc) is 3.36. The number of carbonyl (C=O) groups is 2. The summed E-state index contributed by atoms with van der Waals surface area (Å²) in [5.41, 5.74) is 3.20. The van der Waals surface area contributed by atoms with Crippen LogP contribution in [-0.2, 0) is 4.79 Å². The van der Waals surface area contributed by atoms with Gasteiger partial charge >= 0.3 is 0 Å². The molecule has 2 aromatic heterocycles. The lowest BCUT2D eigenvalue weighted by molar-refractivity contribution is -0.122. The summed E-state index contributed by atoms with van der Waals surface area (Å²) in [6.45, 7) is 9.33. The van der Waals surface area contributed by atoms with Crippen molar-refractivity contribution < 1.29 is 9.59 Å². The van der Waals surface area contributed by atoms with Crippen molar-refractivity contribution in [2.24, 2.45) is 0 Å². The van der Waals surface area contributed by atoms with Crippen LogP contribution in [-0.4, -0.2) is 65.4 Å². The molecule has 0 atom stereocenters. The zero-order valence-electron chi connectivity index (χ0n) is 16.2. The van der Waals surface area contributed by atoms with Crippen LogP contribution in [0.1, 0.15) is 39.3 Å². The molecule has 2 aromatic rings. The van der Waals surface area contributed by atoms with E-state index in [1.54, 1.807) is 0 Å². The minimum Gasteiger partial charge on any atom is -0.352 e. The molecule has 27 heavy (non-hydrogen) atoms. The minimum absolute atomic E-state index is 0.0923. The monoisotopic (exact) mass is 386 g/mol. The fourth-order valence-electron chi connectivity index (χ4n) is 3.78. The van der Waals surface area contributed by atoms with E-state index in [9.17, 15) is 9.59 Å². The van der Waals surface area contributed by atoms with E-state index >= 15 is 0 Å². The first-order valence-corrected chi connectivity index (χ1v) is 10.4. The van der Waals surface area contributed by atoms with Crippen molar-refractivity contribution in [3.05, 3.63) is 27.8 Å². The third-order valence-corrected chi connectivity index (χ3v) is 6.56. The van der Waals surface area contributed by atoms with E-state index in [4.69, 9.17) is 0 Å². The molecule has 1 saturated heterocycles. The molecule has 1 aliphatic carbocycles. The summed E-state index contributed by atoms with van der Waals surface area (Å²) >= 11 is 1.50. The number of amides is 2. The minimum atomic E-state index is 0.0923. The van der Waals surface area contributed by atoms with Crippen LogP contribution in [0.3, 0.4) is 0 Å². The SMILES string of the molecule is Cc1cc(C)c2c(C)c(C(=O)N3CCN(CC(=O)NC4CC4)CC3)sc2n1. The molecule has 1 aliphatic heterocycles. The Morgan fingerprint density at radius 2 is 1.89 bits per heavy atom. The van der Waals surface area contributed by atoms with Crippen molar-refractivity contribution in [3.8, 4) is 0 Å². The van der Waals surface area contributed by atoms with Gasteiger partial charge in [0.05, 0.1) is 11.4 Å². The molecule has 0 radical (unpaired) electrons. The molecule has 7 heteroatoms. The summed E-state index contributed by atoms with van der Waals surface area (Å²) in [4.78, 5) is 35.4. The average molecular weight is 387 g/mol. The first-order chi connectivity index (χ1) is 12.9. The Bertz CT molecular complexity index is 895. The zero-order chi connectivity index (χ0) is 19.1. The highest BCUT2D eigenvalue weighted by molar-refractivity contribution is 7.20. The van der Waals surface area contributed by atoms with Gasteiger partial charge in [-0.05, 0) is 50.8 Å². The molecule has 0 spiro atoms. The van der Waals surface area contributed by atoms with E-state index in [0.29, 0.717) is 25.7 Å². The van der Waals surface area contributed by atoms with Crippen molar-refractivity contribution in [1.82, 2.24) is 20.1 Å². The number of hydrogen-bond acceptors (Lipinski definition) is 5. The molecule has 0 aromatic carbocycles. The number of nitrogens with zero attached hydrogens (tertiary/aromatic N) is 3. The number of aromatic nitrogens is 1. The van der Waals surface area contributed by atoms with Crippen molar-refractivity contribution in [3.63, 3.8) is 0 Å². The van der Waals surface area contributed by atoms with E-state index in [1.807, 2.05) is 18.7 Å². The van der Waals surface area contributed by atoms with E-state index in [1.165, 1.54) is 16.9 Å². The van der Waals surface area contributed by atoms with Crippen molar-refractivity contribution >= 4 is 33.4 Å². The largest absolute Gasteiger partial charge is 0.352 e. The van der Waals surface area contributed by atoms with Crippen LogP contribution in [0.15, 0.2) is 6.07 Å². The van der Waals surface area contributed by atoms with Crippen LogP contribution in [0.2, 0.25) is 0 Å². The third-order valence-electron chi connectivity index (χ3n) is 5.39. The molecule has 144 valence electrons. The second-order valence-corrected chi connectivity index (χ2v) is 8.73. The maximum absolute atomic E-state index is 13.1. The second-order valence-electron chi connectivity index (χ2n) is 7.73. The van der Waals surface area contributed by atoms with E-state index in [2.05, 4.69) is 28.2 Å². The molecule has 0 unspecified atom stereocenters. The van der Waals surface area contributed by atoms with Gasteiger partial charge in [-0.25, -0.2) is 4.98 Å². The van der Waals surface area contributed by atoms with E-state index in [-0.39, 0.29) is 11.8 Å². The van der Waals surface area contributed by atoms with Crippen LogP contribution in [0, 0.1) is 20.8 Å². The lowest BCUT2D eigenvalue weighted by Crippen LogP contribution is -2.51. The van der Waals surface area contributed by atoms with Gasteiger partial charge in [0.2, 0.25) is 5.91 Å². The molecule has 2 amide bonds. The summed E-state index contributed by atoms with van der Waals surface area (Å²) in [7, 11) is 0. The molecular weight excluding hydrogens is 360 g/mol. The fraction of sp³-hybridized carbons (Fsp3) is 0.550. The summed E-state index contributed by atoms with van der Waals surface area (Å²) in [6.07, 6.45) is 2.22. The summed E-state index contributed by atoms with van der Waals surface area (Å²) in [6, 6.07) is 2.47. The number of rotatable bonds is 4. The van der Waals surface area contributed by atoms with Gasteiger partial charge in [0.25, 0.3) is 5.91 Å². The first kappa shape index (κ1) is 18.4. The Labute approximate surface area is 163 Å². The van der Waals surface area contributed by atoms with Crippen molar-refractivity contribution in [1.29, 1.82) is 0 Å². The van der Waals surface area contributed by atoms with Gasteiger partial charge in [-0.1, -0.05) is 0 Å². The Balaban J connectivity index is 1.42. The lowest BCUT2D eigenvalue weighted by Gasteiger charge is -2.34. The quantitative estimate of drug-likeness (QED) is 0.875. The van der Waals surface area contributed by atoms with Gasteiger partial charge in [-0.3, -0.25) is 14.5 Å². The number of aryl methyl sites for hydroxylation is 3. The smallest absolute Gasteiger partial charge is 0.264 e. The molecule has 0 bridgehead atoms. The molecule has 3 heterocycles. The number of thiophene rings is 1.